The Morgan fingerprint density at radius 1 is 1.20 bits per heavy atom. The Balaban J connectivity index is 2.28. The van der Waals surface area contributed by atoms with Gasteiger partial charge in [0, 0.05) is 10.9 Å². The molecule has 2 rings (SSSR count). The molecule has 1 atom stereocenters. The fraction of sp³-hybridized carbons (Fsp3) is 0.294. The van der Waals surface area contributed by atoms with Crippen LogP contribution in [0.3, 0.4) is 0 Å². The van der Waals surface area contributed by atoms with Gasteiger partial charge in [0.25, 0.3) is 0 Å². The number of aliphatic hydroxyl groups excluding tert-OH is 1. The number of aliphatic hydroxyl groups is 1. The molecule has 0 aliphatic heterocycles. The SMILES string of the molecule is COc1ccc(C)cc1CC(CO)c1cccc(Cl)c1. The van der Waals surface area contributed by atoms with Crippen molar-refractivity contribution in [1.82, 2.24) is 0 Å². The van der Waals surface area contributed by atoms with Crippen molar-refractivity contribution in [1.29, 1.82) is 0 Å². The molecule has 0 aliphatic carbocycles. The maximum Gasteiger partial charge on any atom is 0.122 e. The molecule has 0 saturated carbocycles. The summed E-state index contributed by atoms with van der Waals surface area (Å²) in [5, 5.41) is 10.4. The molecule has 106 valence electrons. The number of hydrogen-bond acceptors (Lipinski definition) is 2. The number of hydrogen-bond donors (Lipinski definition) is 1. The zero-order valence-electron chi connectivity index (χ0n) is 11.8. The van der Waals surface area contributed by atoms with Crippen LogP contribution in [0.4, 0.5) is 0 Å². The van der Waals surface area contributed by atoms with Crippen LogP contribution in [0.25, 0.3) is 0 Å². The highest BCUT2D eigenvalue weighted by atomic mass is 35.5. The van der Waals surface area contributed by atoms with E-state index in [1.54, 1.807) is 7.11 Å². The van der Waals surface area contributed by atoms with Gasteiger partial charge < -0.3 is 9.84 Å². The molecule has 0 saturated heterocycles. The minimum atomic E-state index is 0.0180. The summed E-state index contributed by atoms with van der Waals surface area (Å²) in [6.45, 7) is 2.13. The van der Waals surface area contributed by atoms with E-state index < -0.39 is 0 Å². The summed E-state index contributed by atoms with van der Waals surface area (Å²) in [4.78, 5) is 0. The molecule has 0 aliphatic rings. The molecule has 0 amide bonds. The minimum absolute atomic E-state index is 0.0180. The molecule has 0 fully saturated rings. The highest BCUT2D eigenvalue weighted by molar-refractivity contribution is 6.30. The molecule has 0 aromatic heterocycles. The predicted molar refractivity (Wildman–Crippen MR) is 82.7 cm³/mol. The average molecular weight is 291 g/mol. The summed E-state index contributed by atoms with van der Waals surface area (Å²) < 4.78 is 5.40. The van der Waals surface area contributed by atoms with Crippen LogP contribution >= 0.6 is 11.6 Å². The van der Waals surface area contributed by atoms with Crippen molar-refractivity contribution in [3.63, 3.8) is 0 Å². The van der Waals surface area contributed by atoms with Crippen molar-refractivity contribution in [2.24, 2.45) is 0 Å². The van der Waals surface area contributed by atoms with Gasteiger partial charge in [0.05, 0.1) is 13.7 Å². The van der Waals surface area contributed by atoms with Crippen LogP contribution in [0.15, 0.2) is 42.5 Å². The molecule has 0 radical (unpaired) electrons. The summed E-state index contributed by atoms with van der Waals surface area (Å²) in [5.74, 6) is 0.875. The van der Waals surface area contributed by atoms with E-state index in [1.165, 1.54) is 5.56 Å². The van der Waals surface area contributed by atoms with Gasteiger partial charge in [-0.25, -0.2) is 0 Å². The summed E-state index contributed by atoms with van der Waals surface area (Å²) in [7, 11) is 1.67. The maximum absolute atomic E-state index is 9.68. The van der Waals surface area contributed by atoms with Gasteiger partial charge in [0.15, 0.2) is 0 Å². The Labute approximate surface area is 125 Å². The first-order chi connectivity index (χ1) is 9.63. The number of benzene rings is 2. The molecular formula is C17H19ClO2. The fourth-order valence-corrected chi connectivity index (χ4v) is 2.58. The van der Waals surface area contributed by atoms with Gasteiger partial charge in [-0.3, -0.25) is 0 Å². The maximum atomic E-state index is 9.68. The van der Waals surface area contributed by atoms with E-state index >= 15 is 0 Å². The Morgan fingerprint density at radius 2 is 2.00 bits per heavy atom. The van der Waals surface area contributed by atoms with Crippen molar-refractivity contribution in [2.75, 3.05) is 13.7 Å². The molecule has 0 heterocycles. The number of ether oxygens (including phenoxy) is 1. The van der Waals surface area contributed by atoms with Gasteiger partial charge in [-0.15, -0.1) is 0 Å². The molecule has 1 unspecified atom stereocenters. The quantitative estimate of drug-likeness (QED) is 0.903. The van der Waals surface area contributed by atoms with Crippen LogP contribution in [-0.2, 0) is 6.42 Å². The van der Waals surface area contributed by atoms with E-state index in [0.717, 1.165) is 23.3 Å². The lowest BCUT2D eigenvalue weighted by molar-refractivity contribution is 0.263. The zero-order valence-corrected chi connectivity index (χ0v) is 12.5. The van der Waals surface area contributed by atoms with Gasteiger partial charge in [-0.05, 0) is 42.7 Å². The highest BCUT2D eigenvalue weighted by Gasteiger charge is 2.14. The molecule has 1 N–H and O–H groups in total. The number of halogens is 1. The third-order valence-electron chi connectivity index (χ3n) is 3.44. The standard InChI is InChI=1S/C17H19ClO2/c1-12-6-7-17(20-2)14(8-12)9-15(11-19)13-4-3-5-16(18)10-13/h3-8,10,15,19H,9,11H2,1-2H3. The first kappa shape index (κ1) is 14.9. The van der Waals surface area contributed by atoms with Gasteiger partial charge in [-0.1, -0.05) is 41.4 Å². The number of rotatable bonds is 5. The molecule has 2 aromatic carbocycles. The normalized spacial score (nSPS) is 12.2. The third-order valence-corrected chi connectivity index (χ3v) is 3.68. The summed E-state index contributed by atoms with van der Waals surface area (Å²) >= 11 is 6.03. The largest absolute Gasteiger partial charge is 0.496 e. The third kappa shape index (κ3) is 3.53. The van der Waals surface area contributed by atoms with Crippen LogP contribution in [0.1, 0.15) is 22.6 Å². The second kappa shape index (κ2) is 6.78. The Hall–Kier alpha value is -1.51. The molecule has 0 bridgehead atoms. The Bertz CT molecular complexity index is 581. The summed E-state index contributed by atoms with van der Waals surface area (Å²) in [6, 6.07) is 13.7. The Kier molecular flexibility index (Phi) is 5.05. The first-order valence-electron chi connectivity index (χ1n) is 6.64. The fourth-order valence-electron chi connectivity index (χ4n) is 2.38. The molecule has 2 aromatic rings. The zero-order chi connectivity index (χ0) is 14.5. The summed E-state index contributed by atoms with van der Waals surface area (Å²) in [6.07, 6.45) is 0.724. The van der Waals surface area contributed by atoms with Gasteiger partial charge in [-0.2, -0.15) is 0 Å². The topological polar surface area (TPSA) is 29.5 Å². The van der Waals surface area contributed by atoms with E-state index in [1.807, 2.05) is 36.4 Å². The van der Waals surface area contributed by atoms with Crippen molar-refractivity contribution in [2.45, 2.75) is 19.3 Å². The van der Waals surface area contributed by atoms with Gasteiger partial charge in [0.2, 0.25) is 0 Å². The van der Waals surface area contributed by atoms with E-state index in [0.29, 0.717) is 5.02 Å². The van der Waals surface area contributed by atoms with Crippen LogP contribution in [0.5, 0.6) is 5.75 Å². The summed E-state index contributed by atoms with van der Waals surface area (Å²) in [5.41, 5.74) is 3.33. The molecule has 0 spiro atoms. The predicted octanol–water partition coefficient (Wildman–Crippen LogP) is 3.98. The van der Waals surface area contributed by atoms with Crippen molar-refractivity contribution < 1.29 is 9.84 Å². The second-order valence-electron chi connectivity index (χ2n) is 4.95. The monoisotopic (exact) mass is 290 g/mol. The molecule has 3 heteroatoms. The van der Waals surface area contributed by atoms with E-state index in [-0.39, 0.29) is 12.5 Å². The van der Waals surface area contributed by atoms with Crippen LogP contribution in [0.2, 0.25) is 5.02 Å². The van der Waals surface area contributed by atoms with Crippen LogP contribution < -0.4 is 4.74 Å². The van der Waals surface area contributed by atoms with Crippen LogP contribution in [-0.4, -0.2) is 18.8 Å². The van der Waals surface area contributed by atoms with Crippen molar-refractivity contribution >= 4 is 11.6 Å². The van der Waals surface area contributed by atoms with E-state index in [4.69, 9.17) is 16.3 Å². The smallest absolute Gasteiger partial charge is 0.122 e. The van der Waals surface area contributed by atoms with Crippen molar-refractivity contribution in [3.8, 4) is 5.75 Å². The lowest BCUT2D eigenvalue weighted by atomic mass is 9.91. The van der Waals surface area contributed by atoms with E-state index in [9.17, 15) is 5.11 Å². The molecule has 20 heavy (non-hydrogen) atoms. The molecular weight excluding hydrogens is 272 g/mol. The van der Waals surface area contributed by atoms with E-state index in [2.05, 4.69) is 13.0 Å². The first-order valence-corrected chi connectivity index (χ1v) is 7.01. The van der Waals surface area contributed by atoms with Crippen LogP contribution in [0, 0.1) is 6.92 Å². The van der Waals surface area contributed by atoms with Gasteiger partial charge in [0.1, 0.15) is 5.75 Å². The highest BCUT2D eigenvalue weighted by Crippen LogP contribution is 2.28. The van der Waals surface area contributed by atoms with Gasteiger partial charge >= 0.3 is 0 Å². The lowest BCUT2D eigenvalue weighted by Gasteiger charge is -2.17. The van der Waals surface area contributed by atoms with Crippen molar-refractivity contribution in [3.05, 3.63) is 64.2 Å². The number of methoxy groups -OCH3 is 1. The minimum Gasteiger partial charge on any atom is -0.496 e. The number of aryl methyl sites for hydroxylation is 1. The Morgan fingerprint density at radius 3 is 2.65 bits per heavy atom. The second-order valence-corrected chi connectivity index (χ2v) is 5.39. The lowest BCUT2D eigenvalue weighted by Crippen LogP contribution is -2.09. The molecule has 2 nitrogen and oxygen atoms in total. The average Bonchev–Trinajstić information content (AvgIpc) is 2.45.